The molecule has 0 spiro atoms. The van der Waals surface area contributed by atoms with Crippen molar-refractivity contribution in [2.45, 2.75) is 30.2 Å². The maximum Gasteiger partial charge on any atom is 0.240 e. The van der Waals surface area contributed by atoms with E-state index in [1.807, 2.05) is 0 Å². The number of sulfonamides is 1. The van der Waals surface area contributed by atoms with Crippen molar-refractivity contribution in [1.82, 2.24) is 10.0 Å². The lowest BCUT2D eigenvalue weighted by Crippen LogP contribution is -2.25. The summed E-state index contributed by atoms with van der Waals surface area (Å²) in [7, 11) is -1.83. The summed E-state index contributed by atoms with van der Waals surface area (Å²) in [6.07, 6.45) is 2.08. The van der Waals surface area contributed by atoms with Crippen molar-refractivity contribution in [3.8, 4) is 0 Å². The van der Waals surface area contributed by atoms with E-state index in [4.69, 9.17) is 0 Å². The summed E-state index contributed by atoms with van der Waals surface area (Å²) in [5.74, 6) is -0.0956. The molecule has 0 saturated heterocycles. The Hall–Kier alpha value is -1.40. The van der Waals surface area contributed by atoms with Crippen LogP contribution >= 0.6 is 0 Å². The zero-order valence-corrected chi connectivity index (χ0v) is 11.0. The van der Waals surface area contributed by atoms with Crippen molar-refractivity contribution in [2.75, 3.05) is 7.05 Å². The van der Waals surface area contributed by atoms with Gasteiger partial charge in [-0.25, -0.2) is 13.1 Å². The van der Waals surface area contributed by atoms with E-state index >= 15 is 0 Å². The molecule has 1 saturated carbocycles. The van der Waals surface area contributed by atoms with Crippen molar-refractivity contribution >= 4 is 15.9 Å². The van der Waals surface area contributed by atoms with Crippen LogP contribution < -0.4 is 10.0 Å². The summed E-state index contributed by atoms with van der Waals surface area (Å²) in [6.45, 7) is 0. The summed E-state index contributed by atoms with van der Waals surface area (Å²) in [5.41, 5.74) is 0.791. The normalized spacial score (nSPS) is 15.4. The van der Waals surface area contributed by atoms with E-state index in [0.717, 1.165) is 18.4 Å². The summed E-state index contributed by atoms with van der Waals surface area (Å²) in [6, 6.07) is 6.49. The Balaban J connectivity index is 2.08. The molecule has 1 aliphatic rings. The Bertz CT molecular complexity index is 533. The largest absolute Gasteiger partial charge is 0.359 e. The highest BCUT2D eigenvalue weighted by Crippen LogP contribution is 2.22. The highest BCUT2D eigenvalue weighted by molar-refractivity contribution is 7.89. The fraction of sp³-hybridized carbons (Fsp3) is 0.417. The number of benzene rings is 1. The third kappa shape index (κ3) is 3.30. The first-order valence-corrected chi connectivity index (χ1v) is 7.31. The van der Waals surface area contributed by atoms with Gasteiger partial charge in [0, 0.05) is 13.1 Å². The fourth-order valence-electron chi connectivity index (χ4n) is 1.55. The van der Waals surface area contributed by atoms with E-state index in [-0.39, 0.29) is 23.3 Å². The smallest absolute Gasteiger partial charge is 0.240 e. The van der Waals surface area contributed by atoms with Crippen molar-refractivity contribution in [2.24, 2.45) is 0 Å². The Morgan fingerprint density at radius 3 is 2.39 bits per heavy atom. The Morgan fingerprint density at radius 1 is 1.28 bits per heavy atom. The van der Waals surface area contributed by atoms with E-state index in [2.05, 4.69) is 10.0 Å². The zero-order chi connectivity index (χ0) is 13.2. The van der Waals surface area contributed by atoms with Crippen LogP contribution in [0.3, 0.4) is 0 Å². The molecular formula is C12H16N2O3S. The van der Waals surface area contributed by atoms with Crippen molar-refractivity contribution < 1.29 is 13.2 Å². The predicted molar refractivity (Wildman–Crippen MR) is 67.6 cm³/mol. The molecule has 5 nitrogen and oxygen atoms in total. The first-order chi connectivity index (χ1) is 8.51. The topological polar surface area (TPSA) is 75.3 Å². The number of hydrogen-bond acceptors (Lipinski definition) is 3. The molecule has 2 rings (SSSR count). The van der Waals surface area contributed by atoms with E-state index in [1.165, 1.54) is 12.1 Å². The number of hydrogen-bond donors (Lipinski definition) is 2. The molecule has 0 heterocycles. The summed E-state index contributed by atoms with van der Waals surface area (Å²) in [4.78, 5) is 11.4. The van der Waals surface area contributed by atoms with Gasteiger partial charge in [0.25, 0.3) is 0 Å². The van der Waals surface area contributed by atoms with Gasteiger partial charge in [0.05, 0.1) is 11.3 Å². The maximum atomic E-state index is 11.9. The molecule has 0 aromatic heterocycles. The van der Waals surface area contributed by atoms with Crippen LogP contribution in [0.5, 0.6) is 0 Å². The van der Waals surface area contributed by atoms with Crippen LogP contribution in [0.25, 0.3) is 0 Å². The van der Waals surface area contributed by atoms with E-state index in [0.29, 0.717) is 0 Å². The molecule has 1 aliphatic carbocycles. The second-order valence-corrected chi connectivity index (χ2v) is 6.10. The first-order valence-electron chi connectivity index (χ1n) is 5.83. The molecule has 1 amide bonds. The van der Waals surface area contributed by atoms with Gasteiger partial charge in [0.1, 0.15) is 0 Å². The summed E-state index contributed by atoms with van der Waals surface area (Å²) in [5, 5.41) is 2.52. The number of carbonyl (C=O) groups excluding carboxylic acids is 1. The minimum atomic E-state index is -3.40. The molecule has 1 fully saturated rings. The molecule has 0 atom stereocenters. The van der Waals surface area contributed by atoms with Crippen LogP contribution in [0.2, 0.25) is 0 Å². The number of amides is 1. The maximum absolute atomic E-state index is 11.9. The minimum absolute atomic E-state index is 0.0956. The van der Waals surface area contributed by atoms with Gasteiger partial charge in [0.2, 0.25) is 15.9 Å². The molecule has 1 aromatic rings. The number of rotatable bonds is 5. The fourth-order valence-corrected chi connectivity index (χ4v) is 2.85. The van der Waals surface area contributed by atoms with Gasteiger partial charge in [-0.05, 0) is 30.5 Å². The Morgan fingerprint density at radius 2 is 1.89 bits per heavy atom. The third-order valence-corrected chi connectivity index (χ3v) is 4.31. The third-order valence-electron chi connectivity index (χ3n) is 2.78. The van der Waals surface area contributed by atoms with Crippen LogP contribution in [-0.2, 0) is 21.2 Å². The van der Waals surface area contributed by atoms with Gasteiger partial charge in [-0.2, -0.15) is 0 Å². The highest BCUT2D eigenvalue weighted by atomic mass is 32.2. The van der Waals surface area contributed by atoms with Crippen molar-refractivity contribution in [1.29, 1.82) is 0 Å². The van der Waals surface area contributed by atoms with E-state index in [9.17, 15) is 13.2 Å². The molecule has 0 bridgehead atoms. The average Bonchev–Trinajstić information content (AvgIpc) is 3.13. The van der Waals surface area contributed by atoms with Gasteiger partial charge in [-0.1, -0.05) is 12.1 Å². The Labute approximate surface area is 107 Å². The highest BCUT2D eigenvalue weighted by Gasteiger charge is 2.27. The predicted octanol–water partition coefficient (Wildman–Crippen LogP) is 0.416. The van der Waals surface area contributed by atoms with Gasteiger partial charge >= 0.3 is 0 Å². The molecule has 2 N–H and O–H groups in total. The molecule has 98 valence electrons. The lowest BCUT2D eigenvalue weighted by Gasteiger charge is -2.06. The number of nitrogens with one attached hydrogen (secondary N) is 2. The second kappa shape index (κ2) is 5.07. The molecule has 0 radical (unpaired) electrons. The SMILES string of the molecule is CNC(=O)Cc1ccc(S(=O)(=O)NC2CC2)cc1. The lowest BCUT2D eigenvalue weighted by atomic mass is 10.1. The minimum Gasteiger partial charge on any atom is -0.359 e. The van der Waals surface area contributed by atoms with Crippen LogP contribution in [0.1, 0.15) is 18.4 Å². The van der Waals surface area contributed by atoms with Gasteiger partial charge in [0.15, 0.2) is 0 Å². The molecule has 1 aromatic carbocycles. The van der Waals surface area contributed by atoms with Crippen molar-refractivity contribution in [3.63, 3.8) is 0 Å². The first kappa shape index (κ1) is 13.0. The van der Waals surface area contributed by atoms with E-state index in [1.54, 1.807) is 19.2 Å². The molecule has 0 unspecified atom stereocenters. The Kier molecular flexibility index (Phi) is 3.68. The zero-order valence-electron chi connectivity index (χ0n) is 10.1. The number of carbonyl (C=O) groups is 1. The van der Waals surface area contributed by atoms with Gasteiger partial charge in [-0.15, -0.1) is 0 Å². The molecule has 0 aliphatic heterocycles. The van der Waals surface area contributed by atoms with Crippen molar-refractivity contribution in [3.05, 3.63) is 29.8 Å². The van der Waals surface area contributed by atoms with Crippen LogP contribution in [-0.4, -0.2) is 27.4 Å². The quantitative estimate of drug-likeness (QED) is 0.812. The van der Waals surface area contributed by atoms with Crippen LogP contribution in [0.4, 0.5) is 0 Å². The summed E-state index contributed by atoms with van der Waals surface area (Å²) >= 11 is 0. The number of likely N-dealkylation sites (N-methyl/N-ethyl adjacent to an activating group) is 1. The van der Waals surface area contributed by atoms with E-state index < -0.39 is 10.0 Å². The summed E-state index contributed by atoms with van der Waals surface area (Å²) < 4.78 is 26.4. The standard InChI is InChI=1S/C12H16N2O3S/c1-13-12(15)8-9-2-6-11(7-3-9)18(16,17)14-10-4-5-10/h2-3,6-7,10,14H,4-5,8H2,1H3,(H,13,15). The average molecular weight is 268 g/mol. The molecule has 18 heavy (non-hydrogen) atoms. The lowest BCUT2D eigenvalue weighted by molar-refractivity contribution is -0.119. The molecule has 6 heteroatoms. The van der Waals surface area contributed by atoms with Crippen LogP contribution in [0.15, 0.2) is 29.2 Å². The second-order valence-electron chi connectivity index (χ2n) is 4.39. The van der Waals surface area contributed by atoms with Gasteiger partial charge < -0.3 is 5.32 Å². The monoisotopic (exact) mass is 268 g/mol. The molecular weight excluding hydrogens is 252 g/mol. The van der Waals surface area contributed by atoms with Crippen LogP contribution in [0, 0.1) is 0 Å². The van der Waals surface area contributed by atoms with Gasteiger partial charge in [-0.3, -0.25) is 4.79 Å².